The smallest absolute Gasteiger partial charge is 0.350 e. The van der Waals surface area contributed by atoms with E-state index in [0.717, 1.165) is 0 Å². The molecule has 2 aromatic carbocycles. The van der Waals surface area contributed by atoms with Crippen LogP contribution in [-0.4, -0.2) is 25.2 Å². The van der Waals surface area contributed by atoms with E-state index in [9.17, 15) is 26.0 Å². The van der Waals surface area contributed by atoms with Crippen molar-refractivity contribution in [1.82, 2.24) is 9.71 Å². The predicted molar refractivity (Wildman–Crippen MR) is 114 cm³/mol. The number of fused-ring (bicyclic) bond motifs is 7. The molecule has 6 nitrogen and oxygen atoms in total. The second-order valence-corrected chi connectivity index (χ2v) is 10.4. The third-order valence-electron chi connectivity index (χ3n) is 6.37. The molecular weight excluding hydrogens is 476 g/mol. The van der Waals surface area contributed by atoms with Gasteiger partial charge in [-0.25, -0.2) is 26.9 Å². The van der Waals surface area contributed by atoms with Gasteiger partial charge in [-0.1, -0.05) is 18.2 Å². The van der Waals surface area contributed by atoms with E-state index in [2.05, 4.69) is 9.71 Å². The van der Waals surface area contributed by atoms with Crippen LogP contribution in [0.25, 0.3) is 11.1 Å². The average molecular weight is 496 g/mol. The van der Waals surface area contributed by atoms with Gasteiger partial charge in [0.1, 0.15) is 24.4 Å². The lowest BCUT2D eigenvalue weighted by Crippen LogP contribution is -2.38. The Hall–Kier alpha value is -2.92. The fraction of sp³-hybridized carbons (Fsp3) is 0.348. The van der Waals surface area contributed by atoms with Crippen molar-refractivity contribution in [3.05, 3.63) is 71.4 Å². The summed E-state index contributed by atoms with van der Waals surface area (Å²) in [7, 11) is -4.77. The normalized spacial score (nSPS) is 22.2. The largest absolute Gasteiger partial charge is 0.483 e. The fourth-order valence-corrected chi connectivity index (χ4v) is 5.62. The quantitative estimate of drug-likeness (QED) is 0.533. The summed E-state index contributed by atoms with van der Waals surface area (Å²) >= 11 is 0. The van der Waals surface area contributed by atoms with E-state index in [1.54, 1.807) is 18.2 Å². The Labute approximate surface area is 193 Å². The molecular formula is C23H20F4N2O4S. The third kappa shape index (κ3) is 4.07. The van der Waals surface area contributed by atoms with E-state index < -0.39 is 38.9 Å². The third-order valence-corrected chi connectivity index (χ3v) is 7.51. The molecule has 2 atom stereocenters. The molecule has 180 valence electrons. The molecule has 3 aromatic rings. The number of oxazole rings is 1. The van der Waals surface area contributed by atoms with Crippen molar-refractivity contribution < 1.29 is 35.1 Å². The molecule has 4 bridgehead atoms. The second-order valence-electron chi connectivity index (χ2n) is 8.68. The van der Waals surface area contributed by atoms with Crippen molar-refractivity contribution in [1.29, 1.82) is 0 Å². The highest BCUT2D eigenvalue weighted by atomic mass is 32.2. The molecule has 11 heteroatoms. The van der Waals surface area contributed by atoms with Gasteiger partial charge in [0.05, 0.1) is 5.41 Å². The van der Waals surface area contributed by atoms with Crippen LogP contribution in [-0.2, 0) is 28.5 Å². The van der Waals surface area contributed by atoms with Gasteiger partial charge in [-0.2, -0.15) is 8.78 Å². The maximum Gasteiger partial charge on any atom is 0.350 e. The van der Waals surface area contributed by atoms with Crippen LogP contribution in [0.1, 0.15) is 36.4 Å². The van der Waals surface area contributed by atoms with Gasteiger partial charge in [-0.05, 0) is 49.4 Å². The van der Waals surface area contributed by atoms with E-state index in [1.165, 1.54) is 24.5 Å². The average Bonchev–Trinajstić information content (AvgIpc) is 3.41. The van der Waals surface area contributed by atoms with Gasteiger partial charge in [0.2, 0.25) is 5.89 Å². The summed E-state index contributed by atoms with van der Waals surface area (Å²) in [6.45, 7) is -0.143. The minimum absolute atomic E-state index is 0.110. The van der Waals surface area contributed by atoms with Gasteiger partial charge in [0.15, 0.2) is 11.6 Å². The number of hydrogen-bond acceptors (Lipinski definition) is 5. The molecule has 1 aromatic heterocycles. The Balaban J connectivity index is 1.58. The van der Waals surface area contributed by atoms with Crippen LogP contribution in [0, 0.1) is 11.6 Å². The van der Waals surface area contributed by atoms with Crippen molar-refractivity contribution in [2.75, 3.05) is 0 Å². The first-order chi connectivity index (χ1) is 16.2. The molecule has 0 radical (unpaired) electrons. The molecule has 1 aliphatic heterocycles. The maximum atomic E-state index is 14.8. The second kappa shape index (κ2) is 8.38. The topological polar surface area (TPSA) is 81.4 Å². The number of para-hydroxylation sites is 1. The highest BCUT2D eigenvalue weighted by Crippen LogP contribution is 2.45. The summed E-state index contributed by atoms with van der Waals surface area (Å²) in [5.74, 6) is -4.56. The lowest BCUT2D eigenvalue weighted by Gasteiger charge is -2.27. The number of benzene rings is 2. The first-order valence-corrected chi connectivity index (χ1v) is 12.2. The molecule has 2 aliphatic rings. The lowest BCUT2D eigenvalue weighted by atomic mass is 9.79. The summed E-state index contributed by atoms with van der Waals surface area (Å²) in [6, 6.07) is 7.92. The fourth-order valence-electron chi connectivity index (χ4n) is 4.85. The van der Waals surface area contributed by atoms with Gasteiger partial charge in [-0.15, -0.1) is 0 Å². The minimum atomic E-state index is -4.77. The number of ether oxygens (including phenoxy) is 1. The number of halogens is 4. The van der Waals surface area contributed by atoms with Gasteiger partial charge >= 0.3 is 5.76 Å². The monoisotopic (exact) mass is 496 g/mol. The molecule has 0 unspecified atom stereocenters. The Morgan fingerprint density at radius 2 is 1.94 bits per heavy atom. The van der Waals surface area contributed by atoms with Crippen LogP contribution >= 0.6 is 0 Å². The minimum Gasteiger partial charge on any atom is -0.483 e. The zero-order valence-electron chi connectivity index (χ0n) is 17.7. The highest BCUT2D eigenvalue weighted by Gasteiger charge is 2.46. The van der Waals surface area contributed by atoms with Crippen molar-refractivity contribution in [3.8, 4) is 16.9 Å². The summed E-state index contributed by atoms with van der Waals surface area (Å²) in [5.41, 5.74) is 0.618. The summed E-state index contributed by atoms with van der Waals surface area (Å²) in [5, 5.41) is 0. The predicted octanol–water partition coefficient (Wildman–Crippen LogP) is 4.69. The summed E-state index contributed by atoms with van der Waals surface area (Å²) in [4.78, 5) is 4.49. The van der Waals surface area contributed by atoms with Crippen LogP contribution in [0.15, 0.2) is 47.1 Å². The van der Waals surface area contributed by atoms with Crippen LogP contribution < -0.4 is 9.46 Å². The molecule has 34 heavy (non-hydrogen) atoms. The zero-order chi connectivity index (χ0) is 24.1. The van der Waals surface area contributed by atoms with E-state index in [4.69, 9.17) is 9.15 Å². The molecule has 2 heterocycles. The van der Waals surface area contributed by atoms with Crippen LogP contribution in [0.4, 0.5) is 17.6 Å². The van der Waals surface area contributed by atoms with E-state index in [1.807, 2.05) is 0 Å². The molecule has 1 N–H and O–H groups in total. The molecule has 1 aliphatic carbocycles. The van der Waals surface area contributed by atoms with E-state index >= 15 is 0 Å². The van der Waals surface area contributed by atoms with Crippen molar-refractivity contribution in [3.63, 3.8) is 0 Å². The number of alkyl halides is 2. The van der Waals surface area contributed by atoms with Gasteiger partial charge in [-0.3, -0.25) is 0 Å². The molecule has 0 amide bonds. The number of nitrogens with zero attached hydrogens (tertiary/aromatic N) is 1. The molecule has 1 fully saturated rings. The number of hydrogen-bond donors (Lipinski definition) is 1. The number of nitrogens with one attached hydrogen (secondary N) is 1. The van der Waals surface area contributed by atoms with Gasteiger partial charge in [0.25, 0.3) is 10.0 Å². The standard InChI is InChI=1S/C23H20F4N2O4S/c24-18-5-4-13-8-17(18)16-2-1-3-19(25)20(16)32-11-15-12-33-21(28-15)23(9-13)7-6-14(10-23)29-34(30,31)22(26)27/h1-5,8,12,14,22,29H,6-7,9-11H2/t14-,23+/m0/s1. The van der Waals surface area contributed by atoms with Crippen LogP contribution in [0.3, 0.4) is 0 Å². The van der Waals surface area contributed by atoms with Gasteiger partial charge < -0.3 is 9.15 Å². The first-order valence-electron chi connectivity index (χ1n) is 10.6. The summed E-state index contributed by atoms with van der Waals surface area (Å²) < 4.78 is 92.1. The Bertz CT molecular complexity index is 1340. The van der Waals surface area contributed by atoms with E-state index in [-0.39, 0.29) is 29.9 Å². The summed E-state index contributed by atoms with van der Waals surface area (Å²) in [6.07, 6.45) is 2.52. The van der Waals surface area contributed by atoms with Crippen LogP contribution in [0.5, 0.6) is 5.75 Å². The molecule has 5 rings (SSSR count). The van der Waals surface area contributed by atoms with Crippen molar-refractivity contribution in [2.45, 2.75) is 49.5 Å². The van der Waals surface area contributed by atoms with Crippen LogP contribution in [0.2, 0.25) is 0 Å². The van der Waals surface area contributed by atoms with E-state index in [0.29, 0.717) is 36.4 Å². The molecule has 0 saturated heterocycles. The number of sulfonamides is 1. The Morgan fingerprint density at radius 3 is 2.74 bits per heavy atom. The Morgan fingerprint density at radius 1 is 1.12 bits per heavy atom. The number of aromatic nitrogens is 1. The SMILES string of the molecule is O=S(=O)(N[C@H]1CC[C@@]2(Cc3ccc(F)c(c3)-c3cccc(F)c3OCc3coc2n3)C1)C(F)F. The lowest BCUT2D eigenvalue weighted by molar-refractivity contribution is 0.231. The van der Waals surface area contributed by atoms with Crippen molar-refractivity contribution >= 4 is 10.0 Å². The number of rotatable bonds is 3. The highest BCUT2D eigenvalue weighted by molar-refractivity contribution is 7.89. The molecule has 1 saturated carbocycles. The first kappa shape index (κ1) is 22.9. The molecule has 1 spiro atoms. The zero-order valence-corrected chi connectivity index (χ0v) is 18.5. The van der Waals surface area contributed by atoms with Crippen molar-refractivity contribution in [2.24, 2.45) is 0 Å². The Kier molecular flexibility index (Phi) is 5.64. The maximum absolute atomic E-state index is 14.8. The van der Waals surface area contributed by atoms with Gasteiger partial charge in [0, 0.05) is 17.2 Å².